The lowest BCUT2D eigenvalue weighted by molar-refractivity contribution is 0.0273. The highest BCUT2D eigenvalue weighted by Crippen LogP contribution is 2.28. The Labute approximate surface area is 102 Å². The summed E-state index contributed by atoms with van der Waals surface area (Å²) in [7, 11) is 3.41. The van der Waals surface area contributed by atoms with E-state index in [-0.39, 0.29) is 6.10 Å². The molecule has 0 aliphatic heterocycles. The van der Waals surface area contributed by atoms with Gasteiger partial charge in [0.2, 0.25) is 0 Å². The molecule has 0 bridgehead atoms. The van der Waals surface area contributed by atoms with Gasteiger partial charge in [0, 0.05) is 27.0 Å². The second-order valence-electron chi connectivity index (χ2n) is 4.36. The third kappa shape index (κ3) is 3.03. The van der Waals surface area contributed by atoms with Crippen molar-refractivity contribution in [3.63, 3.8) is 0 Å². The number of aromatic nitrogens is 1. The smallest absolute Gasteiger partial charge is 0.0928 e. The molecule has 2 unspecified atom stereocenters. The topological polar surface area (TPSA) is 43.4 Å². The van der Waals surface area contributed by atoms with Crippen molar-refractivity contribution >= 4 is 0 Å². The number of pyridine rings is 1. The fourth-order valence-electron chi connectivity index (χ4n) is 2.28. The van der Waals surface area contributed by atoms with Gasteiger partial charge in [0.25, 0.3) is 0 Å². The van der Waals surface area contributed by atoms with E-state index in [2.05, 4.69) is 16.4 Å². The summed E-state index contributed by atoms with van der Waals surface area (Å²) >= 11 is 0. The minimum absolute atomic E-state index is 0.104. The molecule has 4 heteroatoms. The molecule has 2 atom stereocenters. The van der Waals surface area contributed by atoms with Crippen LogP contribution in [0.4, 0.5) is 0 Å². The monoisotopic (exact) mass is 236 g/mol. The fourth-order valence-corrected chi connectivity index (χ4v) is 2.28. The zero-order valence-electron chi connectivity index (χ0n) is 10.5. The molecule has 0 radical (unpaired) electrons. The zero-order chi connectivity index (χ0) is 12.1. The van der Waals surface area contributed by atoms with Gasteiger partial charge < -0.3 is 14.8 Å². The van der Waals surface area contributed by atoms with Crippen molar-refractivity contribution in [3.05, 3.63) is 29.6 Å². The van der Waals surface area contributed by atoms with Crippen LogP contribution in [0.25, 0.3) is 0 Å². The molecule has 2 rings (SSSR count). The maximum absolute atomic E-state index is 5.33. The third-order valence-electron chi connectivity index (χ3n) is 3.24. The second-order valence-corrected chi connectivity index (χ2v) is 4.36. The summed E-state index contributed by atoms with van der Waals surface area (Å²) in [5.74, 6) is 0. The Morgan fingerprint density at radius 2 is 2.41 bits per heavy atom. The van der Waals surface area contributed by atoms with Crippen molar-refractivity contribution < 1.29 is 9.47 Å². The minimum Gasteiger partial charge on any atom is -0.382 e. The van der Waals surface area contributed by atoms with Crippen LogP contribution >= 0.6 is 0 Å². The Morgan fingerprint density at radius 3 is 3.18 bits per heavy atom. The highest BCUT2D eigenvalue weighted by atomic mass is 16.5. The van der Waals surface area contributed by atoms with Gasteiger partial charge in [0.1, 0.15) is 0 Å². The predicted molar refractivity (Wildman–Crippen MR) is 66.0 cm³/mol. The second kappa shape index (κ2) is 6.10. The maximum Gasteiger partial charge on any atom is 0.0928 e. The molecular weight excluding hydrogens is 216 g/mol. The van der Waals surface area contributed by atoms with Gasteiger partial charge in [0.05, 0.1) is 24.4 Å². The van der Waals surface area contributed by atoms with Crippen molar-refractivity contribution in [3.8, 4) is 0 Å². The molecule has 1 heterocycles. The summed E-state index contributed by atoms with van der Waals surface area (Å²) in [5, 5.41) is 3.51. The molecule has 0 spiro atoms. The molecule has 1 aliphatic carbocycles. The zero-order valence-corrected chi connectivity index (χ0v) is 10.5. The number of ether oxygens (including phenoxy) is 2. The third-order valence-corrected chi connectivity index (χ3v) is 3.24. The summed E-state index contributed by atoms with van der Waals surface area (Å²) in [6.45, 7) is 1.41. The Bertz CT molecular complexity index is 357. The van der Waals surface area contributed by atoms with Gasteiger partial charge in [-0.15, -0.1) is 0 Å². The minimum atomic E-state index is 0.104. The number of hydrogen-bond donors (Lipinski definition) is 1. The van der Waals surface area contributed by atoms with Crippen LogP contribution in [0.2, 0.25) is 0 Å². The largest absolute Gasteiger partial charge is 0.382 e. The number of hydrogen-bond acceptors (Lipinski definition) is 4. The van der Waals surface area contributed by atoms with Crippen LogP contribution in [0.3, 0.4) is 0 Å². The van der Waals surface area contributed by atoms with Crippen LogP contribution in [0.15, 0.2) is 18.3 Å². The van der Waals surface area contributed by atoms with Gasteiger partial charge in [-0.2, -0.15) is 0 Å². The predicted octanol–water partition coefficient (Wildman–Crippen LogP) is 1.32. The Morgan fingerprint density at radius 1 is 1.53 bits per heavy atom. The summed E-state index contributed by atoms with van der Waals surface area (Å²) in [6, 6.07) is 4.53. The van der Waals surface area contributed by atoms with E-state index < -0.39 is 0 Å². The van der Waals surface area contributed by atoms with Crippen LogP contribution < -0.4 is 5.32 Å². The van der Waals surface area contributed by atoms with Gasteiger partial charge in [-0.1, -0.05) is 6.07 Å². The molecule has 0 saturated heterocycles. The van der Waals surface area contributed by atoms with Crippen LogP contribution in [0.1, 0.15) is 23.7 Å². The number of fused-ring (bicyclic) bond motifs is 1. The van der Waals surface area contributed by atoms with Crippen molar-refractivity contribution in [1.82, 2.24) is 10.3 Å². The van der Waals surface area contributed by atoms with Gasteiger partial charge in [-0.05, 0) is 24.5 Å². The van der Waals surface area contributed by atoms with Gasteiger partial charge >= 0.3 is 0 Å². The average molecular weight is 236 g/mol. The molecule has 4 nitrogen and oxygen atoms in total. The van der Waals surface area contributed by atoms with Crippen molar-refractivity contribution in [2.24, 2.45) is 0 Å². The summed E-state index contributed by atoms with van der Waals surface area (Å²) in [5.41, 5.74) is 2.56. The van der Waals surface area contributed by atoms with E-state index in [0.717, 1.165) is 19.4 Å². The average Bonchev–Trinajstić information content (AvgIpc) is 2.78. The molecule has 0 amide bonds. The van der Waals surface area contributed by atoms with Crippen molar-refractivity contribution in [2.75, 3.05) is 27.4 Å². The Balaban J connectivity index is 1.89. The van der Waals surface area contributed by atoms with Crippen LogP contribution in [-0.2, 0) is 15.9 Å². The van der Waals surface area contributed by atoms with Crippen molar-refractivity contribution in [1.29, 1.82) is 0 Å². The number of methoxy groups -OCH3 is 2. The Hall–Kier alpha value is -0.970. The molecule has 0 saturated carbocycles. The van der Waals surface area contributed by atoms with Crippen LogP contribution in [0, 0.1) is 0 Å². The molecular formula is C13H20N2O2. The lowest BCUT2D eigenvalue weighted by atomic mass is 10.2. The quantitative estimate of drug-likeness (QED) is 0.809. The molecule has 1 aromatic rings. The van der Waals surface area contributed by atoms with Crippen LogP contribution in [-0.4, -0.2) is 38.5 Å². The first kappa shape index (κ1) is 12.5. The van der Waals surface area contributed by atoms with Crippen molar-refractivity contribution in [2.45, 2.75) is 25.0 Å². The SMILES string of the molecule is COCC(CNC1CCc2cccnc21)OC. The van der Waals surface area contributed by atoms with E-state index in [9.17, 15) is 0 Å². The number of nitrogens with zero attached hydrogens (tertiary/aromatic N) is 1. The normalized spacial score (nSPS) is 20.2. The van der Waals surface area contributed by atoms with Gasteiger partial charge in [-0.25, -0.2) is 0 Å². The lowest BCUT2D eigenvalue weighted by Crippen LogP contribution is -2.33. The fraction of sp³-hybridized carbons (Fsp3) is 0.615. The highest BCUT2D eigenvalue weighted by Gasteiger charge is 2.23. The first-order valence-electron chi connectivity index (χ1n) is 6.04. The number of nitrogens with one attached hydrogen (secondary N) is 1. The van der Waals surface area contributed by atoms with Crippen LogP contribution in [0.5, 0.6) is 0 Å². The molecule has 0 fully saturated rings. The first-order valence-corrected chi connectivity index (χ1v) is 6.04. The van der Waals surface area contributed by atoms with Gasteiger partial charge in [-0.3, -0.25) is 4.98 Å². The molecule has 1 aromatic heterocycles. The molecule has 17 heavy (non-hydrogen) atoms. The number of aryl methyl sites for hydroxylation is 1. The van der Waals surface area contributed by atoms with E-state index in [1.165, 1.54) is 11.3 Å². The summed E-state index contributed by atoms with van der Waals surface area (Å²) < 4.78 is 10.4. The first-order chi connectivity index (χ1) is 8.35. The number of rotatable bonds is 6. The summed E-state index contributed by atoms with van der Waals surface area (Å²) in [6.07, 6.45) is 4.20. The standard InChI is InChI=1S/C13H20N2O2/c1-16-9-11(17-2)8-15-12-6-5-10-4-3-7-14-13(10)12/h3-4,7,11-12,15H,5-6,8-9H2,1-2H3. The molecule has 94 valence electrons. The van der Waals surface area contributed by atoms with E-state index in [1.54, 1.807) is 14.2 Å². The Kier molecular flexibility index (Phi) is 4.48. The maximum atomic E-state index is 5.33. The molecule has 1 aliphatic rings. The molecule has 1 N–H and O–H groups in total. The lowest BCUT2D eigenvalue weighted by Gasteiger charge is -2.18. The highest BCUT2D eigenvalue weighted by molar-refractivity contribution is 5.27. The van der Waals surface area contributed by atoms with E-state index in [1.807, 2.05) is 12.3 Å². The molecule has 0 aromatic carbocycles. The van der Waals surface area contributed by atoms with E-state index in [0.29, 0.717) is 12.6 Å². The van der Waals surface area contributed by atoms with Gasteiger partial charge in [0.15, 0.2) is 0 Å². The van der Waals surface area contributed by atoms with E-state index in [4.69, 9.17) is 9.47 Å². The summed E-state index contributed by atoms with van der Waals surface area (Å²) in [4.78, 5) is 4.46. The van der Waals surface area contributed by atoms with E-state index >= 15 is 0 Å².